The van der Waals surface area contributed by atoms with Gasteiger partial charge in [0.1, 0.15) is 5.75 Å². The van der Waals surface area contributed by atoms with E-state index in [0.717, 1.165) is 0 Å². The fraction of sp³-hybridized carbons (Fsp3) is 0.263. The van der Waals surface area contributed by atoms with Crippen molar-refractivity contribution in [3.05, 3.63) is 41.0 Å². The van der Waals surface area contributed by atoms with Crippen molar-refractivity contribution in [2.75, 3.05) is 25.5 Å². The smallest absolute Gasteiger partial charge is 0.341 e. The lowest BCUT2D eigenvalue weighted by molar-refractivity contribution is -0.139. The highest BCUT2D eigenvalue weighted by Crippen LogP contribution is 2.35. The number of aliphatic carboxylic acids is 1. The molecule has 0 saturated heterocycles. The van der Waals surface area contributed by atoms with E-state index in [4.69, 9.17) is 25.1 Å². The number of carbonyl (C=O) groups excluding carboxylic acids is 1. The van der Waals surface area contributed by atoms with E-state index < -0.39 is 28.5 Å². The molecule has 162 valence electrons. The van der Waals surface area contributed by atoms with Crippen LogP contribution in [0, 0.1) is 13.8 Å². The highest BCUT2D eigenvalue weighted by molar-refractivity contribution is 7.92. The average Bonchev–Trinajstić information content (AvgIpc) is 2.66. The molecule has 1 amide bonds. The van der Waals surface area contributed by atoms with Gasteiger partial charge in [0.05, 0.1) is 30.4 Å². The van der Waals surface area contributed by atoms with Gasteiger partial charge in [-0.25, -0.2) is 13.2 Å². The molecule has 0 aliphatic rings. The molecule has 10 nitrogen and oxygen atoms in total. The van der Waals surface area contributed by atoms with Crippen LogP contribution in [0.3, 0.4) is 0 Å². The molecular formula is C19H22N2O8S. The summed E-state index contributed by atoms with van der Waals surface area (Å²) in [5.74, 6) is -1.55. The van der Waals surface area contributed by atoms with Crippen LogP contribution in [-0.2, 0) is 14.8 Å². The predicted molar refractivity (Wildman–Crippen MR) is 108 cm³/mol. The monoisotopic (exact) mass is 438 g/mol. The number of ether oxygens (including phenoxy) is 3. The van der Waals surface area contributed by atoms with Gasteiger partial charge >= 0.3 is 5.97 Å². The summed E-state index contributed by atoms with van der Waals surface area (Å²) < 4.78 is 43.9. The van der Waals surface area contributed by atoms with Gasteiger partial charge in [-0.1, -0.05) is 6.07 Å². The van der Waals surface area contributed by atoms with Crippen molar-refractivity contribution in [1.82, 2.24) is 0 Å². The zero-order valence-electron chi connectivity index (χ0n) is 16.8. The Morgan fingerprint density at radius 3 is 2.23 bits per heavy atom. The quantitative estimate of drug-likeness (QED) is 0.534. The van der Waals surface area contributed by atoms with Gasteiger partial charge < -0.3 is 25.1 Å². The van der Waals surface area contributed by atoms with E-state index in [1.54, 1.807) is 6.92 Å². The van der Waals surface area contributed by atoms with Gasteiger partial charge in [-0.15, -0.1) is 0 Å². The number of benzene rings is 2. The van der Waals surface area contributed by atoms with E-state index in [-0.39, 0.29) is 39.0 Å². The zero-order chi connectivity index (χ0) is 22.6. The number of sulfonamides is 1. The van der Waals surface area contributed by atoms with E-state index in [1.807, 2.05) is 0 Å². The van der Waals surface area contributed by atoms with Gasteiger partial charge in [0.15, 0.2) is 18.1 Å². The number of anilines is 1. The van der Waals surface area contributed by atoms with Crippen LogP contribution in [0.15, 0.2) is 29.2 Å². The maximum absolute atomic E-state index is 13.0. The topological polar surface area (TPSA) is 154 Å². The molecule has 0 radical (unpaired) electrons. The minimum absolute atomic E-state index is 0.104. The van der Waals surface area contributed by atoms with Gasteiger partial charge in [0, 0.05) is 11.6 Å². The Hall–Kier alpha value is -3.47. The van der Waals surface area contributed by atoms with Crippen molar-refractivity contribution < 1.29 is 37.3 Å². The van der Waals surface area contributed by atoms with E-state index in [9.17, 15) is 18.0 Å². The highest BCUT2D eigenvalue weighted by atomic mass is 32.2. The standard InChI is InChI=1S/C19H22N2O8S/c1-10-5-6-16(11(2)18(10)29-9-17(22)23)30(25,26)21-13-8-15(28-4)14(27-3)7-12(13)19(20)24/h5-8,21H,9H2,1-4H3,(H2,20,24)(H,22,23). The zero-order valence-corrected chi connectivity index (χ0v) is 17.6. The predicted octanol–water partition coefficient (Wildman–Crippen LogP) is 1.68. The number of primary amides is 1. The molecule has 4 N–H and O–H groups in total. The summed E-state index contributed by atoms with van der Waals surface area (Å²) in [6.07, 6.45) is 0. The van der Waals surface area contributed by atoms with Crippen LogP contribution < -0.4 is 24.7 Å². The number of amides is 1. The van der Waals surface area contributed by atoms with Crippen molar-refractivity contribution in [1.29, 1.82) is 0 Å². The van der Waals surface area contributed by atoms with Crippen LogP contribution in [0.1, 0.15) is 21.5 Å². The molecule has 0 atom stereocenters. The number of carbonyl (C=O) groups is 2. The van der Waals surface area contributed by atoms with Crippen LogP contribution in [0.2, 0.25) is 0 Å². The lowest BCUT2D eigenvalue weighted by Crippen LogP contribution is -2.20. The fourth-order valence-corrected chi connectivity index (χ4v) is 4.13. The third-order valence-electron chi connectivity index (χ3n) is 4.22. The summed E-state index contributed by atoms with van der Waals surface area (Å²) in [7, 11) is -1.48. The van der Waals surface area contributed by atoms with Crippen LogP contribution in [0.4, 0.5) is 5.69 Å². The molecule has 2 aromatic rings. The molecule has 0 aliphatic carbocycles. The average molecular weight is 438 g/mol. The summed E-state index contributed by atoms with van der Waals surface area (Å²) in [4.78, 5) is 22.5. The number of carboxylic acids is 1. The normalized spacial score (nSPS) is 10.9. The Labute approximate surface area is 173 Å². The summed E-state index contributed by atoms with van der Waals surface area (Å²) >= 11 is 0. The molecule has 0 heterocycles. The summed E-state index contributed by atoms with van der Waals surface area (Å²) in [6, 6.07) is 5.39. The van der Waals surface area contributed by atoms with Gasteiger partial charge in [-0.3, -0.25) is 9.52 Å². The number of aryl methyl sites for hydroxylation is 1. The van der Waals surface area contributed by atoms with Crippen LogP contribution in [-0.4, -0.2) is 46.2 Å². The Morgan fingerprint density at radius 2 is 1.70 bits per heavy atom. The second-order valence-corrected chi connectivity index (χ2v) is 7.89. The third kappa shape index (κ3) is 4.74. The van der Waals surface area contributed by atoms with E-state index in [0.29, 0.717) is 5.56 Å². The van der Waals surface area contributed by atoms with E-state index in [2.05, 4.69) is 4.72 Å². The minimum atomic E-state index is -4.20. The number of nitrogens with two attached hydrogens (primary N) is 1. The van der Waals surface area contributed by atoms with Gasteiger partial charge in [0.25, 0.3) is 15.9 Å². The molecule has 2 aromatic carbocycles. The number of hydrogen-bond acceptors (Lipinski definition) is 7. The fourth-order valence-electron chi connectivity index (χ4n) is 2.82. The van der Waals surface area contributed by atoms with Crippen molar-refractivity contribution in [2.45, 2.75) is 18.7 Å². The van der Waals surface area contributed by atoms with Crippen LogP contribution >= 0.6 is 0 Å². The molecule has 2 rings (SSSR count). The maximum atomic E-state index is 13.0. The lowest BCUT2D eigenvalue weighted by Gasteiger charge is -2.18. The Kier molecular flexibility index (Phi) is 6.77. The van der Waals surface area contributed by atoms with Gasteiger partial charge in [0.2, 0.25) is 0 Å². The number of hydrogen-bond donors (Lipinski definition) is 3. The van der Waals surface area contributed by atoms with Crippen molar-refractivity contribution in [3.63, 3.8) is 0 Å². The first-order valence-corrected chi connectivity index (χ1v) is 10.0. The van der Waals surface area contributed by atoms with Gasteiger partial charge in [-0.2, -0.15) is 0 Å². The summed E-state index contributed by atoms with van der Waals surface area (Å²) in [5.41, 5.74) is 5.94. The lowest BCUT2D eigenvalue weighted by atomic mass is 10.1. The van der Waals surface area contributed by atoms with E-state index >= 15 is 0 Å². The minimum Gasteiger partial charge on any atom is -0.493 e. The summed E-state index contributed by atoms with van der Waals surface area (Å²) in [5, 5.41) is 8.83. The molecule has 0 fully saturated rings. The maximum Gasteiger partial charge on any atom is 0.341 e. The molecule has 0 aliphatic heterocycles. The number of carboxylic acid groups (broad SMARTS) is 1. The second-order valence-electron chi connectivity index (χ2n) is 6.24. The molecule has 0 unspecified atom stereocenters. The first-order valence-electron chi connectivity index (χ1n) is 8.55. The molecule has 0 bridgehead atoms. The van der Waals surface area contributed by atoms with Gasteiger partial charge in [-0.05, 0) is 31.5 Å². The van der Waals surface area contributed by atoms with E-state index in [1.165, 1.54) is 45.4 Å². The van der Waals surface area contributed by atoms with Crippen LogP contribution in [0.5, 0.6) is 17.2 Å². The largest absolute Gasteiger partial charge is 0.493 e. The van der Waals surface area contributed by atoms with Crippen LogP contribution in [0.25, 0.3) is 0 Å². The second kappa shape index (κ2) is 8.91. The molecule has 0 saturated carbocycles. The number of rotatable bonds is 9. The number of nitrogens with one attached hydrogen (secondary N) is 1. The Morgan fingerprint density at radius 1 is 1.10 bits per heavy atom. The number of methoxy groups -OCH3 is 2. The first-order chi connectivity index (χ1) is 14.0. The van der Waals surface area contributed by atoms with Crippen molar-refractivity contribution in [3.8, 4) is 17.2 Å². The molecule has 0 aromatic heterocycles. The third-order valence-corrected chi connectivity index (χ3v) is 5.73. The highest BCUT2D eigenvalue weighted by Gasteiger charge is 2.24. The Bertz CT molecular complexity index is 1100. The Balaban J connectivity index is 2.55. The first kappa shape index (κ1) is 22.8. The molecular weight excluding hydrogens is 416 g/mol. The summed E-state index contributed by atoms with van der Waals surface area (Å²) in [6.45, 7) is 2.52. The molecule has 11 heteroatoms. The molecule has 0 spiro atoms. The molecule has 30 heavy (non-hydrogen) atoms. The van der Waals surface area contributed by atoms with Crippen molar-refractivity contribution in [2.24, 2.45) is 5.73 Å². The SMILES string of the molecule is COc1cc(NS(=O)(=O)c2ccc(C)c(OCC(=O)O)c2C)c(C(N)=O)cc1OC. The van der Waals surface area contributed by atoms with Crippen molar-refractivity contribution >= 4 is 27.6 Å².